The highest BCUT2D eigenvalue weighted by Gasteiger charge is 2.12. The maximum atomic E-state index is 12.1. The van der Waals surface area contributed by atoms with Crippen LogP contribution >= 0.6 is 34.7 Å². The second-order valence-electron chi connectivity index (χ2n) is 4.71. The lowest BCUT2D eigenvalue weighted by Crippen LogP contribution is -2.31. The molecule has 2 amide bonds. The number of carbonyl (C=O) groups excluding carboxylic acids is 3. The number of esters is 1. The van der Waals surface area contributed by atoms with E-state index in [4.69, 9.17) is 16.3 Å². The van der Waals surface area contributed by atoms with E-state index in [0.717, 1.165) is 23.1 Å². The fourth-order valence-corrected chi connectivity index (χ4v) is 3.45. The minimum absolute atomic E-state index is 0.0658. The second-order valence-corrected chi connectivity index (χ2v) is 7.34. The van der Waals surface area contributed by atoms with Gasteiger partial charge in [0.2, 0.25) is 11.0 Å². The number of benzene rings is 1. The van der Waals surface area contributed by atoms with E-state index in [2.05, 4.69) is 20.8 Å². The summed E-state index contributed by atoms with van der Waals surface area (Å²) in [6.07, 6.45) is 0. The zero-order chi connectivity index (χ0) is 18.9. The first-order valence-electron chi connectivity index (χ1n) is 7.43. The van der Waals surface area contributed by atoms with Crippen molar-refractivity contribution in [2.45, 2.75) is 11.3 Å². The quantitative estimate of drug-likeness (QED) is 0.387. The van der Waals surface area contributed by atoms with Crippen LogP contribution in [0.1, 0.15) is 17.3 Å². The number of hydrogen-bond donors (Lipinski definition) is 2. The summed E-state index contributed by atoms with van der Waals surface area (Å²) in [7, 11) is 0. The lowest BCUT2D eigenvalue weighted by molar-refractivity contribution is -0.143. The number of hydrogen-bond acceptors (Lipinski definition) is 8. The first-order chi connectivity index (χ1) is 12.5. The van der Waals surface area contributed by atoms with Gasteiger partial charge < -0.3 is 10.1 Å². The number of thioether (sulfide) groups is 1. The normalized spacial score (nSPS) is 10.2. The summed E-state index contributed by atoms with van der Waals surface area (Å²) in [4.78, 5) is 34.9. The summed E-state index contributed by atoms with van der Waals surface area (Å²) in [6, 6.07) is 6.52. The highest BCUT2D eigenvalue weighted by atomic mass is 35.5. The zero-order valence-electron chi connectivity index (χ0n) is 13.7. The largest absolute Gasteiger partial charge is 0.465 e. The van der Waals surface area contributed by atoms with Crippen LogP contribution in [-0.4, -0.2) is 46.9 Å². The highest BCUT2D eigenvalue weighted by molar-refractivity contribution is 8.01. The molecule has 26 heavy (non-hydrogen) atoms. The highest BCUT2D eigenvalue weighted by Crippen LogP contribution is 2.25. The number of amides is 2. The Morgan fingerprint density at radius 1 is 1.31 bits per heavy atom. The number of nitrogens with one attached hydrogen (secondary N) is 2. The average Bonchev–Trinajstić information content (AvgIpc) is 3.06. The number of anilines is 1. The Bertz CT molecular complexity index is 799. The van der Waals surface area contributed by atoms with Gasteiger partial charge in [-0.25, -0.2) is 0 Å². The van der Waals surface area contributed by atoms with Crippen LogP contribution in [0.15, 0.2) is 28.6 Å². The number of rotatable bonds is 8. The van der Waals surface area contributed by atoms with Crippen molar-refractivity contribution in [3.8, 4) is 0 Å². The van der Waals surface area contributed by atoms with Crippen LogP contribution < -0.4 is 10.6 Å². The molecule has 0 radical (unpaired) electrons. The molecule has 2 N–H and O–H groups in total. The molecule has 8 nitrogen and oxygen atoms in total. The topological polar surface area (TPSA) is 110 Å². The maximum Gasteiger partial charge on any atom is 0.325 e. The molecule has 0 saturated carbocycles. The third kappa shape index (κ3) is 6.62. The van der Waals surface area contributed by atoms with E-state index in [1.165, 1.54) is 0 Å². The molecule has 2 rings (SSSR count). The average molecular weight is 415 g/mol. The third-order valence-electron chi connectivity index (χ3n) is 2.78. The first-order valence-corrected chi connectivity index (χ1v) is 9.61. The first kappa shape index (κ1) is 20.1. The lowest BCUT2D eigenvalue weighted by Gasteiger charge is -2.03. The van der Waals surface area contributed by atoms with Gasteiger partial charge in [0, 0.05) is 10.6 Å². The molecule has 1 heterocycles. The Morgan fingerprint density at radius 2 is 2.12 bits per heavy atom. The van der Waals surface area contributed by atoms with Gasteiger partial charge in [0.1, 0.15) is 6.54 Å². The maximum absolute atomic E-state index is 12.1. The summed E-state index contributed by atoms with van der Waals surface area (Å²) in [5.41, 5.74) is 0.403. The molecule has 0 saturated heterocycles. The van der Waals surface area contributed by atoms with Crippen molar-refractivity contribution < 1.29 is 19.1 Å². The van der Waals surface area contributed by atoms with Crippen molar-refractivity contribution in [1.82, 2.24) is 15.5 Å². The van der Waals surface area contributed by atoms with E-state index in [1.54, 1.807) is 31.2 Å². The van der Waals surface area contributed by atoms with Crippen LogP contribution in [0.3, 0.4) is 0 Å². The monoisotopic (exact) mass is 414 g/mol. The lowest BCUT2D eigenvalue weighted by atomic mass is 10.2. The van der Waals surface area contributed by atoms with Crippen LogP contribution in [0.25, 0.3) is 0 Å². The molecule has 1 aromatic carbocycles. The number of ether oxygens (including phenoxy) is 1. The van der Waals surface area contributed by atoms with E-state index < -0.39 is 5.97 Å². The smallest absolute Gasteiger partial charge is 0.325 e. The summed E-state index contributed by atoms with van der Waals surface area (Å²) in [5.74, 6) is -1.11. The standard InChI is InChI=1S/C15H15ClN4O4S2/c1-2-24-12(22)7-17-11(21)8-25-15-20-19-14(26-15)18-13(23)9-4-3-5-10(16)6-9/h3-6H,2,7-8H2,1H3,(H,17,21)(H,18,19,23). The van der Waals surface area contributed by atoms with Gasteiger partial charge in [-0.3, -0.25) is 19.7 Å². The van der Waals surface area contributed by atoms with Gasteiger partial charge in [-0.15, -0.1) is 10.2 Å². The fourth-order valence-electron chi connectivity index (χ4n) is 1.68. The van der Waals surface area contributed by atoms with Crippen LogP contribution in [0.2, 0.25) is 5.02 Å². The van der Waals surface area contributed by atoms with Crippen molar-refractivity contribution in [2.75, 3.05) is 24.2 Å². The molecule has 0 unspecified atom stereocenters. The van der Waals surface area contributed by atoms with Crippen molar-refractivity contribution in [2.24, 2.45) is 0 Å². The van der Waals surface area contributed by atoms with Gasteiger partial charge in [0.15, 0.2) is 4.34 Å². The van der Waals surface area contributed by atoms with Crippen molar-refractivity contribution in [3.63, 3.8) is 0 Å². The zero-order valence-corrected chi connectivity index (χ0v) is 16.0. The van der Waals surface area contributed by atoms with Crippen molar-refractivity contribution >= 4 is 57.6 Å². The summed E-state index contributed by atoms with van der Waals surface area (Å²) in [6.45, 7) is 1.77. The van der Waals surface area contributed by atoms with Crippen molar-refractivity contribution in [3.05, 3.63) is 34.9 Å². The van der Waals surface area contributed by atoms with Gasteiger partial charge in [-0.1, -0.05) is 40.8 Å². The molecule has 0 aliphatic rings. The van der Waals surface area contributed by atoms with E-state index in [1.807, 2.05) is 0 Å². The molecular formula is C15H15ClN4O4S2. The molecule has 0 aliphatic heterocycles. The van der Waals surface area contributed by atoms with Gasteiger partial charge >= 0.3 is 5.97 Å². The molecule has 1 aromatic heterocycles. The molecule has 2 aromatic rings. The van der Waals surface area contributed by atoms with Gasteiger partial charge in [-0.2, -0.15) is 0 Å². The van der Waals surface area contributed by atoms with Crippen LogP contribution in [0.5, 0.6) is 0 Å². The molecule has 11 heteroatoms. The summed E-state index contributed by atoms with van der Waals surface area (Å²) < 4.78 is 5.22. The summed E-state index contributed by atoms with van der Waals surface area (Å²) >= 11 is 8.14. The van der Waals surface area contributed by atoms with Gasteiger partial charge in [-0.05, 0) is 25.1 Å². The minimum atomic E-state index is -0.493. The summed E-state index contributed by atoms with van der Waals surface area (Å²) in [5, 5.41) is 13.6. The fraction of sp³-hybridized carbons (Fsp3) is 0.267. The number of aromatic nitrogens is 2. The predicted octanol–water partition coefficient (Wildman–Crippen LogP) is 2.22. The van der Waals surface area contributed by atoms with E-state index in [0.29, 0.717) is 20.1 Å². The Morgan fingerprint density at radius 3 is 2.85 bits per heavy atom. The Labute approximate surface area is 162 Å². The van der Waals surface area contributed by atoms with Crippen LogP contribution in [0.4, 0.5) is 5.13 Å². The molecule has 138 valence electrons. The predicted molar refractivity (Wildman–Crippen MR) is 99.7 cm³/mol. The van der Waals surface area contributed by atoms with Crippen LogP contribution in [0, 0.1) is 0 Å². The molecular weight excluding hydrogens is 400 g/mol. The molecule has 0 atom stereocenters. The number of nitrogens with zero attached hydrogens (tertiary/aromatic N) is 2. The molecule has 0 bridgehead atoms. The van der Waals surface area contributed by atoms with Gasteiger partial charge in [0.05, 0.1) is 12.4 Å². The van der Waals surface area contributed by atoms with Crippen LogP contribution in [-0.2, 0) is 14.3 Å². The second kappa shape index (κ2) is 10.1. The minimum Gasteiger partial charge on any atom is -0.465 e. The Hall–Kier alpha value is -2.17. The Kier molecular flexibility index (Phi) is 7.82. The third-order valence-corrected chi connectivity index (χ3v) is 4.98. The molecule has 0 fully saturated rings. The van der Waals surface area contributed by atoms with E-state index in [9.17, 15) is 14.4 Å². The number of halogens is 1. The SMILES string of the molecule is CCOC(=O)CNC(=O)CSc1nnc(NC(=O)c2cccc(Cl)c2)s1. The van der Waals surface area contributed by atoms with E-state index in [-0.39, 0.29) is 30.7 Å². The van der Waals surface area contributed by atoms with Crippen molar-refractivity contribution in [1.29, 1.82) is 0 Å². The number of carbonyl (C=O) groups is 3. The van der Waals surface area contributed by atoms with Gasteiger partial charge in [0.25, 0.3) is 5.91 Å². The Balaban J connectivity index is 1.79. The van der Waals surface area contributed by atoms with E-state index >= 15 is 0 Å². The molecule has 0 aliphatic carbocycles. The molecule has 0 spiro atoms.